The fraction of sp³-hybridized carbons (Fsp3) is 0.235. The summed E-state index contributed by atoms with van der Waals surface area (Å²) in [4.78, 5) is 23.5. The van der Waals surface area contributed by atoms with Crippen LogP contribution in [0, 0.1) is 0 Å². The van der Waals surface area contributed by atoms with Gasteiger partial charge in [-0.25, -0.2) is 4.57 Å². The van der Waals surface area contributed by atoms with E-state index >= 15 is 0 Å². The highest BCUT2D eigenvalue weighted by Crippen LogP contribution is 2.28. The lowest BCUT2D eigenvalue weighted by atomic mass is 10.2. The van der Waals surface area contributed by atoms with Gasteiger partial charge in [-0.2, -0.15) is 0 Å². The van der Waals surface area contributed by atoms with Crippen LogP contribution in [0.3, 0.4) is 0 Å². The minimum absolute atomic E-state index is 0.235. The molecule has 0 radical (unpaired) electrons. The number of thioether (sulfide) groups is 1. The number of aromatic nitrogens is 1. The number of carbonyl (C=O) groups is 2. The first-order valence-corrected chi connectivity index (χ1v) is 8.23. The average Bonchev–Trinajstić information content (AvgIpc) is 2.50. The number of carbonyl (C=O) groups excluding carboxylic acids is 2. The van der Waals surface area contributed by atoms with Crippen LogP contribution in [-0.4, -0.2) is 18.2 Å². The number of hydrogen-bond donors (Lipinski definition) is 0. The summed E-state index contributed by atoms with van der Waals surface area (Å²) < 4.78 is 12.2. The molecule has 0 bridgehead atoms. The molecule has 1 aromatic carbocycles. The second-order valence-electron chi connectivity index (χ2n) is 4.88. The highest BCUT2D eigenvalue weighted by atomic mass is 32.2. The van der Waals surface area contributed by atoms with E-state index in [1.165, 1.54) is 18.7 Å². The highest BCUT2D eigenvalue weighted by molar-refractivity contribution is 7.98. The fourth-order valence-corrected chi connectivity index (χ4v) is 2.41. The number of ether oxygens (including phenoxy) is 2. The van der Waals surface area contributed by atoms with Crippen LogP contribution in [-0.2, 0) is 16.1 Å². The molecule has 0 unspecified atom stereocenters. The molecule has 0 saturated heterocycles. The van der Waals surface area contributed by atoms with Crippen LogP contribution >= 0.6 is 11.8 Å². The summed E-state index contributed by atoms with van der Waals surface area (Å²) in [6.45, 7) is 3.22. The molecule has 5 nitrogen and oxygen atoms in total. The molecule has 6 heteroatoms. The highest BCUT2D eigenvalue weighted by Gasteiger charge is 2.13. The van der Waals surface area contributed by atoms with E-state index in [0.717, 1.165) is 5.56 Å². The zero-order valence-corrected chi connectivity index (χ0v) is 14.1. The Kier molecular flexibility index (Phi) is 5.76. The molecule has 0 aliphatic carbocycles. The maximum atomic E-state index is 11.2. The Bertz CT molecular complexity index is 713. The Balaban J connectivity index is 2.24. The topological polar surface area (TPSA) is 56.5 Å². The molecule has 2 rings (SSSR count). The van der Waals surface area contributed by atoms with Crippen LogP contribution in [0.2, 0.25) is 0 Å². The first-order valence-electron chi connectivity index (χ1n) is 7.01. The summed E-state index contributed by atoms with van der Waals surface area (Å²) in [5.41, 5.74) is 0.930. The smallest absolute Gasteiger partial charge is 0.308 e. The summed E-state index contributed by atoms with van der Waals surface area (Å²) in [7, 11) is 0. The van der Waals surface area contributed by atoms with Crippen molar-refractivity contribution in [3.05, 3.63) is 48.3 Å². The number of benzene rings is 1. The summed E-state index contributed by atoms with van der Waals surface area (Å²) in [6.07, 6.45) is 5.99. The van der Waals surface area contributed by atoms with Gasteiger partial charge in [0.15, 0.2) is 30.4 Å². The predicted molar refractivity (Wildman–Crippen MR) is 86.6 cm³/mol. The normalized spacial score (nSPS) is 10.2. The lowest BCUT2D eigenvalue weighted by molar-refractivity contribution is -0.688. The maximum Gasteiger partial charge on any atom is 0.308 e. The number of nitrogens with zero attached hydrogens (tertiary/aromatic N) is 1. The monoisotopic (exact) mass is 332 g/mol. The first-order chi connectivity index (χ1) is 11.0. The van der Waals surface area contributed by atoms with Crippen molar-refractivity contribution in [1.82, 2.24) is 0 Å². The average molecular weight is 332 g/mol. The predicted octanol–water partition coefficient (Wildman–Crippen LogP) is 2.59. The van der Waals surface area contributed by atoms with Crippen LogP contribution in [0.5, 0.6) is 11.5 Å². The van der Waals surface area contributed by atoms with E-state index in [1.54, 1.807) is 23.9 Å². The fourth-order valence-electron chi connectivity index (χ4n) is 2.02. The number of rotatable bonds is 5. The van der Waals surface area contributed by atoms with E-state index in [2.05, 4.69) is 0 Å². The van der Waals surface area contributed by atoms with Crippen LogP contribution in [0.15, 0.2) is 47.6 Å². The molecule has 1 heterocycles. The largest absolute Gasteiger partial charge is 0.423 e. The zero-order valence-electron chi connectivity index (χ0n) is 13.2. The van der Waals surface area contributed by atoms with E-state index in [9.17, 15) is 9.59 Å². The zero-order chi connectivity index (χ0) is 16.8. The number of pyridine rings is 1. The molecule has 120 valence electrons. The molecular weight excluding hydrogens is 314 g/mol. The molecule has 2 aromatic rings. The van der Waals surface area contributed by atoms with Gasteiger partial charge in [0.25, 0.3) is 0 Å². The second-order valence-corrected chi connectivity index (χ2v) is 5.76. The van der Waals surface area contributed by atoms with Gasteiger partial charge in [-0.1, -0.05) is 0 Å². The van der Waals surface area contributed by atoms with Crippen molar-refractivity contribution in [3.8, 4) is 11.5 Å². The molecule has 0 aliphatic heterocycles. The van der Waals surface area contributed by atoms with Crippen molar-refractivity contribution in [1.29, 1.82) is 0 Å². The molecule has 0 N–H and O–H groups in total. The lowest BCUT2D eigenvalue weighted by Crippen LogP contribution is -2.33. The SMILES string of the molecule is CSc1cc[n+](Cc2ccc(OC(C)=O)c(OC(C)=O)c2)cc1. The Labute approximate surface area is 139 Å². The Morgan fingerprint density at radius 3 is 2.17 bits per heavy atom. The van der Waals surface area contributed by atoms with E-state index in [4.69, 9.17) is 9.47 Å². The van der Waals surface area contributed by atoms with E-state index in [1.807, 2.05) is 41.4 Å². The van der Waals surface area contributed by atoms with Crippen molar-refractivity contribution in [3.63, 3.8) is 0 Å². The minimum Gasteiger partial charge on any atom is -0.423 e. The summed E-state index contributed by atoms with van der Waals surface area (Å²) >= 11 is 1.68. The van der Waals surface area contributed by atoms with Gasteiger partial charge in [0.1, 0.15) is 0 Å². The van der Waals surface area contributed by atoms with Crippen LogP contribution in [0.25, 0.3) is 0 Å². The third-order valence-electron chi connectivity index (χ3n) is 2.98. The Morgan fingerprint density at radius 1 is 1.00 bits per heavy atom. The first kappa shape index (κ1) is 17.0. The molecular formula is C17H18NO4S+. The molecule has 0 saturated carbocycles. The van der Waals surface area contributed by atoms with Crippen molar-refractivity contribution in [2.75, 3.05) is 6.26 Å². The second kappa shape index (κ2) is 7.78. The summed E-state index contributed by atoms with van der Waals surface area (Å²) in [6, 6.07) is 9.23. The van der Waals surface area contributed by atoms with Gasteiger partial charge in [0, 0.05) is 36.4 Å². The number of esters is 2. The van der Waals surface area contributed by atoms with Crippen molar-refractivity contribution >= 4 is 23.7 Å². The Morgan fingerprint density at radius 2 is 1.61 bits per heavy atom. The van der Waals surface area contributed by atoms with Gasteiger partial charge >= 0.3 is 11.9 Å². The van der Waals surface area contributed by atoms with Crippen LogP contribution < -0.4 is 14.0 Å². The van der Waals surface area contributed by atoms with Gasteiger partial charge in [-0.05, 0) is 24.5 Å². The van der Waals surface area contributed by atoms with Crippen LogP contribution in [0.4, 0.5) is 0 Å². The van der Waals surface area contributed by atoms with Gasteiger partial charge < -0.3 is 9.47 Å². The van der Waals surface area contributed by atoms with Crippen LogP contribution in [0.1, 0.15) is 19.4 Å². The van der Waals surface area contributed by atoms with Crippen molar-refractivity contribution in [2.45, 2.75) is 25.3 Å². The van der Waals surface area contributed by atoms with E-state index < -0.39 is 11.9 Å². The van der Waals surface area contributed by atoms with E-state index in [0.29, 0.717) is 6.54 Å². The summed E-state index contributed by atoms with van der Waals surface area (Å²) in [5, 5.41) is 0. The summed E-state index contributed by atoms with van der Waals surface area (Å²) in [5.74, 6) is -0.452. The third-order valence-corrected chi connectivity index (χ3v) is 3.72. The molecule has 23 heavy (non-hydrogen) atoms. The Hall–Kier alpha value is -2.34. The quantitative estimate of drug-likeness (QED) is 0.365. The van der Waals surface area contributed by atoms with Gasteiger partial charge in [-0.3, -0.25) is 9.59 Å². The maximum absolute atomic E-state index is 11.2. The van der Waals surface area contributed by atoms with Crippen molar-refractivity contribution < 1.29 is 23.6 Å². The lowest BCUT2D eigenvalue weighted by Gasteiger charge is -2.09. The molecule has 0 spiro atoms. The van der Waals surface area contributed by atoms with Crippen molar-refractivity contribution in [2.24, 2.45) is 0 Å². The number of hydrogen-bond acceptors (Lipinski definition) is 5. The van der Waals surface area contributed by atoms with E-state index in [-0.39, 0.29) is 11.5 Å². The third kappa shape index (κ3) is 5.10. The molecule has 0 fully saturated rings. The standard InChI is InChI=1S/C17H18NO4S/c1-12(19)21-16-5-4-14(10-17(16)22-13(2)20)11-18-8-6-15(23-3)7-9-18/h4-10H,11H2,1-3H3/q+1. The van der Waals surface area contributed by atoms with Gasteiger partial charge in [0.2, 0.25) is 0 Å². The minimum atomic E-state index is -0.465. The molecule has 0 atom stereocenters. The van der Waals surface area contributed by atoms with Gasteiger partial charge in [-0.15, -0.1) is 11.8 Å². The molecule has 0 amide bonds. The van der Waals surface area contributed by atoms with Gasteiger partial charge in [0.05, 0.1) is 0 Å². The molecule has 0 aliphatic rings. The molecule has 1 aromatic heterocycles.